The molecule has 1 aliphatic heterocycles. The van der Waals surface area contributed by atoms with Crippen LogP contribution in [0.5, 0.6) is 0 Å². The number of nitrogens with zero attached hydrogens (tertiary/aromatic N) is 2. The van der Waals surface area contributed by atoms with Gasteiger partial charge in [-0.1, -0.05) is 0 Å². The predicted molar refractivity (Wildman–Crippen MR) is 72.2 cm³/mol. The second kappa shape index (κ2) is 6.56. The average Bonchev–Trinajstić information content (AvgIpc) is 2.93. The molecule has 1 saturated heterocycles. The highest BCUT2D eigenvalue weighted by Gasteiger charge is 2.27. The molecule has 9 nitrogen and oxygen atoms in total. The van der Waals surface area contributed by atoms with Crippen LogP contribution in [0.15, 0.2) is 16.5 Å². The molecule has 2 heterocycles. The summed E-state index contributed by atoms with van der Waals surface area (Å²) in [6.07, 6.45) is -0.174. The van der Waals surface area contributed by atoms with E-state index in [1.54, 1.807) is 4.90 Å². The van der Waals surface area contributed by atoms with E-state index in [4.69, 9.17) is 13.9 Å². The monoisotopic (exact) mass is 312 g/mol. The summed E-state index contributed by atoms with van der Waals surface area (Å²) in [6, 6.07) is 2.17. The van der Waals surface area contributed by atoms with Crippen LogP contribution in [0.2, 0.25) is 0 Å². The third-order valence-corrected chi connectivity index (χ3v) is 3.07. The van der Waals surface area contributed by atoms with Crippen molar-refractivity contribution in [2.75, 3.05) is 19.7 Å². The minimum atomic E-state index is -0.921. The van der Waals surface area contributed by atoms with Gasteiger partial charge in [-0.25, -0.2) is 4.79 Å². The van der Waals surface area contributed by atoms with Gasteiger partial charge < -0.3 is 18.8 Å². The Morgan fingerprint density at radius 2 is 2.00 bits per heavy atom. The van der Waals surface area contributed by atoms with Crippen molar-refractivity contribution in [3.8, 4) is 0 Å². The van der Waals surface area contributed by atoms with E-state index in [0.717, 1.165) is 12.1 Å². The van der Waals surface area contributed by atoms with Gasteiger partial charge in [0.25, 0.3) is 5.91 Å². The Labute approximate surface area is 125 Å². The Morgan fingerprint density at radius 1 is 1.36 bits per heavy atom. The van der Waals surface area contributed by atoms with Gasteiger partial charge in [0.15, 0.2) is 6.61 Å². The topological polar surface area (TPSA) is 112 Å². The van der Waals surface area contributed by atoms with Crippen LogP contribution in [-0.2, 0) is 14.3 Å². The fraction of sp³-hybridized carbons (Fsp3) is 0.538. The van der Waals surface area contributed by atoms with E-state index < -0.39 is 23.4 Å². The minimum Gasteiger partial charge on any atom is -0.450 e. The first-order valence-corrected chi connectivity index (χ1v) is 6.71. The molecule has 1 aromatic rings. The molecule has 1 fully saturated rings. The summed E-state index contributed by atoms with van der Waals surface area (Å²) in [7, 11) is 0. The van der Waals surface area contributed by atoms with Gasteiger partial charge in [-0.2, -0.15) is 0 Å². The van der Waals surface area contributed by atoms with E-state index in [-0.39, 0.29) is 23.9 Å². The molecule has 22 heavy (non-hydrogen) atoms. The molecule has 9 heteroatoms. The summed E-state index contributed by atoms with van der Waals surface area (Å²) < 4.78 is 15.0. The maximum Gasteiger partial charge on any atom is 0.433 e. The first kappa shape index (κ1) is 16.0. The van der Waals surface area contributed by atoms with Crippen molar-refractivity contribution in [1.82, 2.24) is 4.90 Å². The van der Waals surface area contributed by atoms with E-state index in [0.29, 0.717) is 13.1 Å². The predicted octanol–water partition coefficient (Wildman–Crippen LogP) is 0.980. The maximum atomic E-state index is 12.0. The number of nitro groups is 1. The zero-order valence-corrected chi connectivity index (χ0v) is 12.2. The molecule has 2 atom stereocenters. The van der Waals surface area contributed by atoms with Gasteiger partial charge in [0.2, 0.25) is 5.76 Å². The van der Waals surface area contributed by atoms with Crippen molar-refractivity contribution in [2.24, 2.45) is 0 Å². The third-order valence-electron chi connectivity index (χ3n) is 3.07. The summed E-state index contributed by atoms with van der Waals surface area (Å²) in [5, 5.41) is 10.5. The van der Waals surface area contributed by atoms with Crippen molar-refractivity contribution >= 4 is 17.8 Å². The van der Waals surface area contributed by atoms with Crippen molar-refractivity contribution in [2.45, 2.75) is 26.1 Å². The van der Waals surface area contributed by atoms with Crippen molar-refractivity contribution in [3.63, 3.8) is 0 Å². The highest BCUT2D eigenvalue weighted by molar-refractivity contribution is 5.89. The fourth-order valence-corrected chi connectivity index (χ4v) is 2.21. The first-order valence-electron chi connectivity index (χ1n) is 6.71. The Morgan fingerprint density at radius 3 is 2.55 bits per heavy atom. The highest BCUT2D eigenvalue weighted by atomic mass is 16.7. The molecule has 1 aromatic heterocycles. The molecule has 1 amide bonds. The minimum absolute atomic E-state index is 0.0869. The zero-order chi connectivity index (χ0) is 16.3. The fourth-order valence-electron chi connectivity index (χ4n) is 2.21. The van der Waals surface area contributed by atoms with Gasteiger partial charge >= 0.3 is 11.9 Å². The number of hydrogen-bond donors (Lipinski definition) is 0. The van der Waals surface area contributed by atoms with Crippen LogP contribution >= 0.6 is 0 Å². The molecular weight excluding hydrogens is 296 g/mol. The molecule has 0 unspecified atom stereocenters. The molecule has 1 aliphatic rings. The molecule has 0 aliphatic carbocycles. The van der Waals surface area contributed by atoms with Crippen molar-refractivity contribution in [3.05, 3.63) is 28.0 Å². The van der Waals surface area contributed by atoms with Gasteiger partial charge in [0.1, 0.15) is 4.92 Å². The van der Waals surface area contributed by atoms with Crippen LogP contribution in [0.1, 0.15) is 24.4 Å². The Kier molecular flexibility index (Phi) is 4.76. The van der Waals surface area contributed by atoms with E-state index in [2.05, 4.69) is 0 Å². The second-order valence-electron chi connectivity index (χ2n) is 5.03. The van der Waals surface area contributed by atoms with Crippen LogP contribution in [0.25, 0.3) is 0 Å². The van der Waals surface area contributed by atoms with Crippen LogP contribution in [0.3, 0.4) is 0 Å². The molecule has 2 rings (SSSR count). The Bertz CT molecular complexity index is 573. The lowest BCUT2D eigenvalue weighted by Crippen LogP contribution is -2.49. The number of carbonyl (C=O) groups excluding carboxylic acids is 2. The summed E-state index contributed by atoms with van der Waals surface area (Å²) in [5.41, 5.74) is 0. The number of furan rings is 1. The van der Waals surface area contributed by atoms with Crippen LogP contribution < -0.4 is 0 Å². The summed E-state index contributed by atoms with van der Waals surface area (Å²) in [6.45, 7) is 4.10. The molecule has 0 radical (unpaired) electrons. The smallest absolute Gasteiger partial charge is 0.433 e. The van der Waals surface area contributed by atoms with E-state index >= 15 is 0 Å². The number of rotatable bonds is 4. The summed E-state index contributed by atoms with van der Waals surface area (Å²) in [4.78, 5) is 34.9. The molecular formula is C13H16N2O7. The quantitative estimate of drug-likeness (QED) is 0.462. The zero-order valence-electron chi connectivity index (χ0n) is 12.2. The SMILES string of the molecule is C[C@@H]1CN(C(=O)COC(=O)c2ccc([N+](=O)[O-])o2)C[C@H](C)O1. The molecule has 0 bridgehead atoms. The molecule has 0 saturated carbocycles. The number of ether oxygens (including phenoxy) is 2. The number of esters is 1. The van der Waals surface area contributed by atoms with Gasteiger partial charge in [0.05, 0.1) is 18.3 Å². The van der Waals surface area contributed by atoms with Gasteiger partial charge in [-0.15, -0.1) is 0 Å². The van der Waals surface area contributed by atoms with Crippen LogP contribution in [0, 0.1) is 10.1 Å². The standard InChI is InChI=1S/C13H16N2O7/c1-8-5-14(6-9(2)21-8)11(16)7-20-13(17)10-3-4-12(22-10)15(18)19/h3-4,8-9H,5-7H2,1-2H3/t8-,9+. The molecule has 120 valence electrons. The third kappa shape index (κ3) is 3.82. The number of morpholine rings is 1. The largest absolute Gasteiger partial charge is 0.450 e. The van der Waals surface area contributed by atoms with Crippen LogP contribution in [0.4, 0.5) is 5.88 Å². The van der Waals surface area contributed by atoms with E-state index in [9.17, 15) is 19.7 Å². The van der Waals surface area contributed by atoms with Crippen molar-refractivity contribution in [1.29, 1.82) is 0 Å². The Balaban J connectivity index is 1.87. The van der Waals surface area contributed by atoms with Gasteiger partial charge in [-0.05, 0) is 19.9 Å². The number of amides is 1. The maximum absolute atomic E-state index is 12.0. The van der Waals surface area contributed by atoms with E-state index in [1.165, 1.54) is 0 Å². The molecule has 0 N–H and O–H groups in total. The average molecular weight is 312 g/mol. The van der Waals surface area contributed by atoms with E-state index in [1.807, 2.05) is 13.8 Å². The summed E-state index contributed by atoms with van der Waals surface area (Å²) in [5.74, 6) is -2.15. The lowest BCUT2D eigenvalue weighted by atomic mass is 10.2. The number of carbonyl (C=O) groups is 2. The normalized spacial score (nSPS) is 21.5. The molecule has 0 spiro atoms. The molecule has 0 aromatic carbocycles. The van der Waals surface area contributed by atoms with Crippen LogP contribution in [-0.4, -0.2) is 53.6 Å². The van der Waals surface area contributed by atoms with Crippen molar-refractivity contribution < 1.29 is 28.4 Å². The lowest BCUT2D eigenvalue weighted by molar-refractivity contribution is -0.402. The number of hydrogen-bond acceptors (Lipinski definition) is 7. The van der Waals surface area contributed by atoms with Gasteiger partial charge in [-0.3, -0.25) is 14.9 Å². The summed E-state index contributed by atoms with van der Waals surface area (Å²) >= 11 is 0. The first-order chi connectivity index (χ1) is 10.4. The highest BCUT2D eigenvalue weighted by Crippen LogP contribution is 2.16. The van der Waals surface area contributed by atoms with Gasteiger partial charge in [0, 0.05) is 13.1 Å². The second-order valence-corrected chi connectivity index (χ2v) is 5.03. The lowest BCUT2D eigenvalue weighted by Gasteiger charge is -2.35. The Hall–Kier alpha value is -2.42.